The van der Waals surface area contributed by atoms with E-state index in [2.05, 4.69) is 19.6 Å². The maximum absolute atomic E-state index is 13.7. The van der Waals surface area contributed by atoms with Crippen molar-refractivity contribution in [2.75, 3.05) is 0 Å². The van der Waals surface area contributed by atoms with Gasteiger partial charge in [0.05, 0.1) is 0 Å². The molecule has 0 saturated heterocycles. The molecule has 0 amide bonds. The molecule has 3 heteroatoms. The third-order valence-corrected chi connectivity index (χ3v) is 14.3. The Balaban J connectivity index is 2.68. The van der Waals surface area contributed by atoms with Crippen molar-refractivity contribution in [2.45, 2.75) is 19.6 Å². The predicted molar refractivity (Wildman–Crippen MR) is 83.1 cm³/mol. The molecule has 0 spiro atoms. The van der Waals surface area contributed by atoms with E-state index in [4.69, 9.17) is 0 Å². The Bertz CT molecular complexity index is 515. The Morgan fingerprint density at radius 3 is 1.33 bits per heavy atom. The van der Waals surface area contributed by atoms with Crippen molar-refractivity contribution >= 4 is 25.0 Å². The Hall–Kier alpha value is -1.11. The minimum atomic E-state index is -2.47. The van der Waals surface area contributed by atoms with Gasteiger partial charge < -0.3 is 4.57 Å². The third-order valence-electron chi connectivity index (χ3n) is 3.18. The number of hydrogen-bond donors (Lipinski definition) is 0. The molecule has 0 saturated carbocycles. The summed E-state index contributed by atoms with van der Waals surface area (Å²) in [4.78, 5) is 0. The van der Waals surface area contributed by atoms with E-state index < -0.39 is 14.4 Å². The topological polar surface area (TPSA) is 17.1 Å². The lowest BCUT2D eigenvalue weighted by Gasteiger charge is -2.30. The fraction of sp³-hybridized carbons (Fsp3) is 0.200. The summed E-state index contributed by atoms with van der Waals surface area (Å²) in [6.07, 6.45) is 0. The molecule has 18 heavy (non-hydrogen) atoms. The van der Waals surface area contributed by atoms with Gasteiger partial charge in [-0.05, 0) is 0 Å². The molecule has 2 aromatic carbocycles. The summed E-state index contributed by atoms with van der Waals surface area (Å²) in [7, 11) is -1.84. The largest absolute Gasteiger partial charge is 0.319 e. The number of rotatable bonds is 3. The van der Waals surface area contributed by atoms with Crippen LogP contribution in [0.25, 0.3) is 0 Å². The van der Waals surface area contributed by atoms with Crippen LogP contribution in [0.15, 0.2) is 60.7 Å². The minimum Gasteiger partial charge on any atom is -0.319 e. The normalized spacial score (nSPS) is 12.4. The van der Waals surface area contributed by atoms with Gasteiger partial charge in [-0.25, -0.2) is 0 Å². The van der Waals surface area contributed by atoms with Crippen molar-refractivity contribution in [3.63, 3.8) is 0 Å². The zero-order valence-electron chi connectivity index (χ0n) is 11.1. The van der Waals surface area contributed by atoms with Crippen LogP contribution in [0.5, 0.6) is 0 Å². The van der Waals surface area contributed by atoms with Crippen molar-refractivity contribution in [1.29, 1.82) is 0 Å². The van der Waals surface area contributed by atoms with Crippen LogP contribution >= 0.6 is 6.69 Å². The lowest BCUT2D eigenvalue weighted by molar-refractivity contribution is 0.593. The predicted octanol–water partition coefficient (Wildman–Crippen LogP) is 3.84. The van der Waals surface area contributed by atoms with Gasteiger partial charge in [0.15, 0.2) is 0 Å². The summed E-state index contributed by atoms with van der Waals surface area (Å²) in [6, 6.07) is 19.9. The van der Waals surface area contributed by atoms with Gasteiger partial charge >= 0.3 is 0 Å². The Kier molecular flexibility index (Phi) is 3.60. The smallest absolute Gasteiger partial charge is 0.129 e. The summed E-state index contributed by atoms with van der Waals surface area (Å²) in [6.45, 7) is 4.10. The fourth-order valence-electron chi connectivity index (χ4n) is 2.20. The molecule has 0 aliphatic rings. The van der Waals surface area contributed by atoms with Crippen molar-refractivity contribution < 1.29 is 4.57 Å². The first-order valence-corrected chi connectivity index (χ1v) is 12.2. The van der Waals surface area contributed by atoms with Gasteiger partial charge in [-0.1, -0.05) is 80.3 Å². The van der Waals surface area contributed by atoms with E-state index in [1.54, 1.807) is 0 Å². The standard InChI is InChI=1S/C15H19OPSi/c1-18(2,3)17(16,14-10-6-4-7-11-14)15-12-8-5-9-13-15/h4-13H,1-3H3. The molecule has 0 N–H and O–H groups in total. The van der Waals surface area contributed by atoms with Crippen LogP contribution in [0.1, 0.15) is 0 Å². The molecule has 0 atom stereocenters. The summed E-state index contributed by atoms with van der Waals surface area (Å²) in [5.41, 5.74) is 0. The van der Waals surface area contributed by atoms with Crippen molar-refractivity contribution in [2.24, 2.45) is 0 Å². The second-order valence-corrected chi connectivity index (χ2v) is 18.0. The molecule has 0 bridgehead atoms. The molecule has 2 aromatic rings. The van der Waals surface area contributed by atoms with Gasteiger partial charge in [0.2, 0.25) is 0 Å². The molecule has 0 heterocycles. The molecule has 0 aliphatic carbocycles. The van der Waals surface area contributed by atoms with Gasteiger partial charge in [-0.15, -0.1) is 0 Å². The second-order valence-electron chi connectivity index (χ2n) is 5.45. The lowest BCUT2D eigenvalue weighted by atomic mass is 10.4. The zero-order chi connectivity index (χ0) is 13.2. The van der Waals surface area contributed by atoms with Gasteiger partial charge in [-0.2, -0.15) is 0 Å². The van der Waals surface area contributed by atoms with Crippen molar-refractivity contribution in [1.82, 2.24) is 0 Å². The van der Waals surface area contributed by atoms with Gasteiger partial charge in [0.25, 0.3) is 0 Å². The van der Waals surface area contributed by atoms with E-state index in [0.29, 0.717) is 0 Å². The first kappa shape index (κ1) is 13.3. The van der Waals surface area contributed by atoms with Gasteiger partial charge in [0.1, 0.15) is 14.4 Å². The molecule has 0 radical (unpaired) electrons. The van der Waals surface area contributed by atoms with E-state index in [-0.39, 0.29) is 0 Å². The summed E-state index contributed by atoms with van der Waals surface area (Å²) in [5.74, 6) is 0. The monoisotopic (exact) mass is 274 g/mol. The molecule has 1 nitrogen and oxygen atoms in total. The quantitative estimate of drug-likeness (QED) is 0.614. The molecule has 0 aliphatic heterocycles. The van der Waals surface area contributed by atoms with E-state index in [1.165, 1.54) is 0 Å². The van der Waals surface area contributed by atoms with Gasteiger partial charge in [-0.3, -0.25) is 0 Å². The first-order chi connectivity index (χ1) is 8.46. The molecular weight excluding hydrogens is 255 g/mol. The highest BCUT2D eigenvalue weighted by atomic mass is 31.4. The lowest BCUT2D eigenvalue weighted by Crippen LogP contribution is -2.34. The molecule has 0 fully saturated rings. The summed E-state index contributed by atoms with van der Waals surface area (Å²) < 4.78 is 13.7. The van der Waals surface area contributed by atoms with Gasteiger partial charge in [0, 0.05) is 10.6 Å². The maximum atomic E-state index is 13.7. The zero-order valence-corrected chi connectivity index (χ0v) is 13.0. The number of benzene rings is 2. The van der Waals surface area contributed by atoms with Crippen LogP contribution in [-0.2, 0) is 4.57 Å². The second kappa shape index (κ2) is 4.87. The molecule has 94 valence electrons. The number of hydrogen-bond acceptors (Lipinski definition) is 1. The molecule has 0 aromatic heterocycles. The first-order valence-electron chi connectivity index (χ1n) is 6.17. The Morgan fingerprint density at radius 1 is 0.722 bits per heavy atom. The average molecular weight is 274 g/mol. The Labute approximate surface area is 110 Å². The molecule has 2 rings (SSSR count). The highest BCUT2D eigenvalue weighted by molar-refractivity contribution is 8.09. The van der Waals surface area contributed by atoms with Crippen LogP contribution in [0, 0.1) is 0 Å². The Morgan fingerprint density at radius 2 is 1.06 bits per heavy atom. The summed E-state index contributed by atoms with van der Waals surface area (Å²) >= 11 is 0. The van der Waals surface area contributed by atoms with E-state index in [0.717, 1.165) is 10.6 Å². The van der Waals surface area contributed by atoms with Crippen LogP contribution in [0.4, 0.5) is 0 Å². The highest BCUT2D eigenvalue weighted by Gasteiger charge is 2.41. The summed E-state index contributed by atoms with van der Waals surface area (Å²) in [5, 5.41) is 1.99. The fourth-order valence-corrected chi connectivity index (χ4v) is 10.8. The molecule has 0 unspecified atom stereocenters. The van der Waals surface area contributed by atoms with Crippen molar-refractivity contribution in [3.8, 4) is 0 Å². The van der Waals surface area contributed by atoms with Crippen LogP contribution in [-0.4, -0.2) is 7.74 Å². The van der Waals surface area contributed by atoms with Crippen LogP contribution < -0.4 is 10.6 Å². The van der Waals surface area contributed by atoms with Crippen molar-refractivity contribution in [3.05, 3.63) is 60.7 Å². The van der Waals surface area contributed by atoms with E-state index in [1.807, 2.05) is 60.7 Å². The third kappa shape index (κ3) is 2.23. The maximum Gasteiger partial charge on any atom is 0.129 e. The van der Waals surface area contributed by atoms with E-state index in [9.17, 15) is 4.57 Å². The van der Waals surface area contributed by atoms with Crippen LogP contribution in [0.2, 0.25) is 19.6 Å². The van der Waals surface area contributed by atoms with E-state index >= 15 is 0 Å². The average Bonchev–Trinajstić information content (AvgIpc) is 2.38. The highest BCUT2D eigenvalue weighted by Crippen LogP contribution is 2.52. The SMILES string of the molecule is C[Si](C)(C)P(=O)(c1ccccc1)c1ccccc1. The van der Waals surface area contributed by atoms with Crippen LogP contribution in [0.3, 0.4) is 0 Å². The minimum absolute atomic E-state index is 0.996. The molecular formula is C15H19OPSi.